The Hall–Kier alpha value is -1.24. The van der Waals surface area contributed by atoms with Gasteiger partial charge in [-0.05, 0) is 12.1 Å². The van der Waals surface area contributed by atoms with Gasteiger partial charge in [0.1, 0.15) is 0 Å². The van der Waals surface area contributed by atoms with E-state index in [1.165, 1.54) is 12.1 Å². The van der Waals surface area contributed by atoms with Crippen molar-refractivity contribution in [1.29, 1.82) is 0 Å². The first-order valence-electron chi connectivity index (χ1n) is 3.99. The molecule has 1 aliphatic rings. The average Bonchev–Trinajstić information content (AvgIpc) is 2.35. The molecule has 0 aromatic heterocycles. The molecule has 0 atom stereocenters. The number of anilines is 1. The van der Waals surface area contributed by atoms with Crippen LogP contribution >= 0.6 is 0 Å². The molecule has 1 aliphatic heterocycles. The van der Waals surface area contributed by atoms with Crippen molar-refractivity contribution in [1.82, 2.24) is 0 Å². The molecule has 1 aromatic rings. The standard InChI is InChI=1S/C8H6F3NO2S/c9-8(10,11)6-2-1-3-7-5(6)4-15(13,14)12-7/h1-3,12H,4H2. The summed E-state index contributed by atoms with van der Waals surface area (Å²) in [6.07, 6.45) is -4.52. The van der Waals surface area contributed by atoms with Crippen molar-refractivity contribution in [3.8, 4) is 0 Å². The number of hydrogen-bond acceptors (Lipinski definition) is 2. The largest absolute Gasteiger partial charge is 0.416 e. The van der Waals surface area contributed by atoms with E-state index in [0.717, 1.165) is 6.07 Å². The molecule has 82 valence electrons. The van der Waals surface area contributed by atoms with E-state index in [9.17, 15) is 21.6 Å². The molecule has 0 fully saturated rings. The van der Waals surface area contributed by atoms with Gasteiger partial charge in [-0.25, -0.2) is 8.42 Å². The normalized spacial score (nSPS) is 18.3. The van der Waals surface area contributed by atoms with E-state index in [-0.39, 0.29) is 11.3 Å². The van der Waals surface area contributed by atoms with Gasteiger partial charge in [0.15, 0.2) is 0 Å². The predicted molar refractivity (Wildman–Crippen MR) is 47.7 cm³/mol. The second kappa shape index (κ2) is 2.88. The molecule has 0 spiro atoms. The van der Waals surface area contributed by atoms with Gasteiger partial charge in [0.2, 0.25) is 10.0 Å². The molecule has 0 saturated carbocycles. The maximum absolute atomic E-state index is 12.5. The molecule has 0 bridgehead atoms. The van der Waals surface area contributed by atoms with Crippen molar-refractivity contribution in [2.24, 2.45) is 0 Å². The SMILES string of the molecule is O=S1(=O)Cc2c(cccc2C(F)(F)F)N1. The number of benzene rings is 1. The van der Waals surface area contributed by atoms with Crippen LogP contribution in [0.5, 0.6) is 0 Å². The molecule has 0 saturated heterocycles. The summed E-state index contributed by atoms with van der Waals surface area (Å²) in [4.78, 5) is 0. The van der Waals surface area contributed by atoms with Gasteiger partial charge in [0.25, 0.3) is 0 Å². The third kappa shape index (κ3) is 1.79. The second-order valence-corrected chi connectivity index (χ2v) is 4.91. The zero-order valence-corrected chi connectivity index (χ0v) is 8.11. The minimum atomic E-state index is -4.52. The molecule has 15 heavy (non-hydrogen) atoms. The molecule has 3 nitrogen and oxygen atoms in total. The van der Waals surface area contributed by atoms with Gasteiger partial charge in [-0.2, -0.15) is 13.2 Å². The summed E-state index contributed by atoms with van der Waals surface area (Å²) in [5.74, 6) is -0.613. The number of sulfonamides is 1. The Morgan fingerprint density at radius 3 is 2.53 bits per heavy atom. The summed E-state index contributed by atoms with van der Waals surface area (Å²) in [5.41, 5.74) is -1.08. The van der Waals surface area contributed by atoms with E-state index in [2.05, 4.69) is 4.72 Å². The first-order chi connectivity index (χ1) is 6.80. The van der Waals surface area contributed by atoms with Crippen LogP contribution in [0, 0.1) is 0 Å². The van der Waals surface area contributed by atoms with Gasteiger partial charge in [-0.3, -0.25) is 4.72 Å². The quantitative estimate of drug-likeness (QED) is 0.749. The molecule has 1 N–H and O–H groups in total. The van der Waals surface area contributed by atoms with E-state index in [1.54, 1.807) is 0 Å². The van der Waals surface area contributed by atoms with Crippen LogP contribution < -0.4 is 4.72 Å². The van der Waals surface area contributed by atoms with E-state index in [1.807, 2.05) is 0 Å². The van der Waals surface area contributed by atoms with E-state index >= 15 is 0 Å². The molecule has 1 heterocycles. The zero-order chi connectivity index (χ0) is 11.3. The van der Waals surface area contributed by atoms with Gasteiger partial charge in [0, 0.05) is 5.56 Å². The number of hydrogen-bond donors (Lipinski definition) is 1. The maximum atomic E-state index is 12.5. The van der Waals surface area contributed by atoms with Crippen molar-refractivity contribution in [2.45, 2.75) is 11.9 Å². The van der Waals surface area contributed by atoms with Gasteiger partial charge in [0.05, 0.1) is 17.0 Å². The highest BCUT2D eigenvalue weighted by molar-refractivity contribution is 7.92. The van der Waals surface area contributed by atoms with Crippen molar-refractivity contribution >= 4 is 15.7 Å². The molecule has 0 unspecified atom stereocenters. The molecule has 0 amide bonds. The van der Waals surface area contributed by atoms with Gasteiger partial charge >= 0.3 is 6.18 Å². The maximum Gasteiger partial charge on any atom is 0.416 e. The van der Waals surface area contributed by atoms with Crippen LogP contribution in [0.15, 0.2) is 18.2 Å². The van der Waals surface area contributed by atoms with Crippen LogP contribution in [0.1, 0.15) is 11.1 Å². The number of rotatable bonds is 0. The fourth-order valence-corrected chi connectivity index (χ4v) is 2.79. The highest BCUT2D eigenvalue weighted by Gasteiger charge is 2.38. The fourth-order valence-electron chi connectivity index (χ4n) is 1.50. The number of alkyl halides is 3. The second-order valence-electron chi connectivity index (χ2n) is 3.19. The first kappa shape index (κ1) is 10.3. The van der Waals surface area contributed by atoms with Crippen LogP contribution in [0.25, 0.3) is 0 Å². The van der Waals surface area contributed by atoms with Crippen LogP contribution in [-0.2, 0) is 22.0 Å². The van der Waals surface area contributed by atoms with Crippen LogP contribution in [0.2, 0.25) is 0 Å². The third-order valence-corrected chi connectivity index (χ3v) is 3.28. The topological polar surface area (TPSA) is 46.2 Å². The third-order valence-electron chi connectivity index (χ3n) is 2.08. The zero-order valence-electron chi connectivity index (χ0n) is 7.30. The average molecular weight is 237 g/mol. The fraction of sp³-hybridized carbons (Fsp3) is 0.250. The van der Waals surface area contributed by atoms with Gasteiger partial charge < -0.3 is 0 Å². The lowest BCUT2D eigenvalue weighted by atomic mass is 10.1. The monoisotopic (exact) mass is 237 g/mol. The number of fused-ring (bicyclic) bond motifs is 1. The van der Waals surface area contributed by atoms with Crippen LogP contribution in [-0.4, -0.2) is 8.42 Å². The minimum Gasteiger partial charge on any atom is -0.283 e. The lowest BCUT2D eigenvalue weighted by Gasteiger charge is -2.09. The summed E-state index contributed by atoms with van der Waals surface area (Å²) in [7, 11) is -3.64. The lowest BCUT2D eigenvalue weighted by Crippen LogP contribution is -2.08. The lowest BCUT2D eigenvalue weighted by molar-refractivity contribution is -0.138. The molecule has 1 aromatic carbocycles. The van der Waals surface area contributed by atoms with Crippen LogP contribution in [0.3, 0.4) is 0 Å². The summed E-state index contributed by atoms with van der Waals surface area (Å²) >= 11 is 0. The van der Waals surface area contributed by atoms with Crippen molar-refractivity contribution < 1.29 is 21.6 Å². The van der Waals surface area contributed by atoms with Crippen molar-refractivity contribution in [2.75, 3.05) is 4.72 Å². The molecule has 0 radical (unpaired) electrons. The van der Waals surface area contributed by atoms with E-state index < -0.39 is 27.5 Å². The summed E-state index contributed by atoms with van der Waals surface area (Å²) in [6, 6.07) is 3.37. The molecular formula is C8H6F3NO2S. The molecule has 7 heteroatoms. The summed E-state index contributed by atoms with van der Waals surface area (Å²) < 4.78 is 61.7. The summed E-state index contributed by atoms with van der Waals surface area (Å²) in [5, 5.41) is 0. The number of nitrogens with one attached hydrogen (secondary N) is 1. The molecule has 0 aliphatic carbocycles. The van der Waals surface area contributed by atoms with Crippen LogP contribution in [0.4, 0.5) is 18.9 Å². The Morgan fingerprint density at radius 2 is 1.93 bits per heavy atom. The highest BCUT2D eigenvalue weighted by Crippen LogP contribution is 2.38. The Bertz CT molecular complexity index is 507. The number of halogens is 3. The Morgan fingerprint density at radius 1 is 1.27 bits per heavy atom. The van der Waals surface area contributed by atoms with E-state index in [0.29, 0.717) is 0 Å². The van der Waals surface area contributed by atoms with E-state index in [4.69, 9.17) is 0 Å². The molecule has 2 rings (SSSR count). The first-order valence-corrected chi connectivity index (χ1v) is 5.64. The summed E-state index contributed by atoms with van der Waals surface area (Å²) in [6.45, 7) is 0. The van der Waals surface area contributed by atoms with Gasteiger partial charge in [-0.1, -0.05) is 6.07 Å². The minimum absolute atomic E-state index is 0.0184. The Kier molecular flexibility index (Phi) is 1.97. The van der Waals surface area contributed by atoms with Gasteiger partial charge in [-0.15, -0.1) is 0 Å². The highest BCUT2D eigenvalue weighted by atomic mass is 32.2. The predicted octanol–water partition coefficient (Wildman–Crippen LogP) is 1.96. The van der Waals surface area contributed by atoms with Crippen molar-refractivity contribution in [3.05, 3.63) is 29.3 Å². The Labute approximate surface area is 84.0 Å². The van der Waals surface area contributed by atoms with Crippen molar-refractivity contribution in [3.63, 3.8) is 0 Å². The Balaban J connectivity index is 2.61. The smallest absolute Gasteiger partial charge is 0.283 e. The molecular weight excluding hydrogens is 231 g/mol.